The predicted octanol–water partition coefficient (Wildman–Crippen LogP) is 3.22. The molecule has 11 heteroatoms. The number of anilines is 2. The van der Waals surface area contributed by atoms with Crippen LogP contribution in [0, 0.1) is 0 Å². The largest absolute Gasteiger partial charge is 0.416 e. The molecule has 0 unspecified atom stereocenters. The van der Waals surface area contributed by atoms with Gasteiger partial charge in [-0.25, -0.2) is 0 Å². The highest BCUT2D eigenvalue weighted by atomic mass is 32.2. The van der Waals surface area contributed by atoms with Crippen LogP contribution in [0.3, 0.4) is 0 Å². The number of aromatic nitrogens is 2. The third-order valence-corrected chi connectivity index (χ3v) is 4.85. The Labute approximate surface area is 163 Å². The number of rotatable bonds is 6. The van der Waals surface area contributed by atoms with Crippen LogP contribution in [-0.4, -0.2) is 48.2 Å². The standard InChI is InChI=1S/C17H19F3N4O3S/c1-2-15-22-23-16(27-15)28-10-14(25)21-12-9-11(17(18,19)20)3-4-13(12)24-5-7-26-8-6-24/h3-4,9H,2,5-8,10H2,1H3,(H,21,25). The van der Waals surface area contributed by atoms with Crippen LogP contribution >= 0.6 is 11.8 Å². The Kier molecular flexibility index (Phi) is 6.45. The van der Waals surface area contributed by atoms with Crippen molar-refractivity contribution in [1.29, 1.82) is 0 Å². The molecule has 1 amide bonds. The zero-order valence-corrected chi connectivity index (χ0v) is 15.9. The maximum atomic E-state index is 13.1. The summed E-state index contributed by atoms with van der Waals surface area (Å²) in [5.41, 5.74) is -0.181. The molecule has 1 N–H and O–H groups in total. The maximum Gasteiger partial charge on any atom is 0.416 e. The van der Waals surface area contributed by atoms with Gasteiger partial charge < -0.3 is 19.4 Å². The molecule has 28 heavy (non-hydrogen) atoms. The Morgan fingerprint density at radius 1 is 1.29 bits per heavy atom. The average Bonchev–Trinajstić information content (AvgIpc) is 3.14. The lowest BCUT2D eigenvalue weighted by atomic mass is 10.1. The fourth-order valence-electron chi connectivity index (χ4n) is 2.65. The number of nitrogens with one attached hydrogen (secondary N) is 1. The molecule has 0 aliphatic carbocycles. The molecule has 1 fully saturated rings. The third-order valence-electron chi connectivity index (χ3n) is 4.03. The highest BCUT2D eigenvalue weighted by molar-refractivity contribution is 7.99. The number of halogens is 3. The molecule has 1 aliphatic rings. The second-order valence-corrected chi connectivity index (χ2v) is 6.91. The van der Waals surface area contributed by atoms with Crippen molar-refractivity contribution in [1.82, 2.24) is 10.2 Å². The average molecular weight is 416 g/mol. The van der Waals surface area contributed by atoms with Gasteiger partial charge in [-0.05, 0) is 18.2 Å². The number of nitrogens with zero attached hydrogens (tertiary/aromatic N) is 3. The molecule has 0 spiro atoms. The summed E-state index contributed by atoms with van der Waals surface area (Å²) in [6.07, 6.45) is -3.93. The number of hydrogen-bond acceptors (Lipinski definition) is 7. The first-order valence-electron chi connectivity index (χ1n) is 8.65. The van der Waals surface area contributed by atoms with E-state index in [-0.39, 0.29) is 16.7 Å². The molecule has 0 radical (unpaired) electrons. The van der Waals surface area contributed by atoms with Gasteiger partial charge >= 0.3 is 6.18 Å². The minimum Gasteiger partial charge on any atom is -0.416 e. The maximum absolute atomic E-state index is 13.1. The third kappa shape index (κ3) is 5.16. The molecule has 1 aromatic heterocycles. The van der Waals surface area contributed by atoms with Crippen molar-refractivity contribution < 1.29 is 27.1 Å². The van der Waals surface area contributed by atoms with Gasteiger partial charge in [0.25, 0.3) is 5.22 Å². The number of hydrogen-bond donors (Lipinski definition) is 1. The Bertz CT molecular complexity index is 822. The van der Waals surface area contributed by atoms with Gasteiger partial charge in [-0.15, -0.1) is 10.2 Å². The van der Waals surface area contributed by atoms with E-state index in [4.69, 9.17) is 9.15 Å². The minimum atomic E-state index is -4.50. The van der Waals surface area contributed by atoms with Gasteiger partial charge in [-0.3, -0.25) is 4.79 Å². The van der Waals surface area contributed by atoms with Gasteiger partial charge in [0.15, 0.2) is 0 Å². The van der Waals surface area contributed by atoms with E-state index in [1.54, 1.807) is 0 Å². The molecule has 2 aromatic rings. The first-order valence-corrected chi connectivity index (χ1v) is 9.64. The molecule has 7 nitrogen and oxygen atoms in total. The summed E-state index contributed by atoms with van der Waals surface area (Å²) in [6, 6.07) is 3.34. The summed E-state index contributed by atoms with van der Waals surface area (Å²) in [5.74, 6) is -0.0742. The van der Waals surface area contributed by atoms with E-state index >= 15 is 0 Å². The number of morpholine rings is 1. The van der Waals surface area contributed by atoms with Gasteiger partial charge in [-0.1, -0.05) is 18.7 Å². The summed E-state index contributed by atoms with van der Waals surface area (Å²) in [5, 5.41) is 10.4. The van der Waals surface area contributed by atoms with Gasteiger partial charge in [0.1, 0.15) is 0 Å². The van der Waals surface area contributed by atoms with Gasteiger partial charge in [0.2, 0.25) is 11.8 Å². The molecule has 152 valence electrons. The number of aryl methyl sites for hydroxylation is 1. The van der Waals surface area contributed by atoms with E-state index in [9.17, 15) is 18.0 Å². The van der Waals surface area contributed by atoms with Crippen LogP contribution in [0.5, 0.6) is 0 Å². The van der Waals surface area contributed by atoms with Crippen molar-refractivity contribution in [3.05, 3.63) is 29.7 Å². The highest BCUT2D eigenvalue weighted by Gasteiger charge is 2.32. The molecule has 1 saturated heterocycles. The van der Waals surface area contributed by atoms with Crippen LogP contribution in [0.4, 0.5) is 24.5 Å². The second kappa shape index (κ2) is 8.82. The van der Waals surface area contributed by atoms with Crippen LogP contribution in [0.1, 0.15) is 18.4 Å². The number of benzene rings is 1. The Hall–Kier alpha value is -2.27. The number of thioether (sulfide) groups is 1. The van der Waals surface area contributed by atoms with Crippen LogP contribution in [0.15, 0.2) is 27.8 Å². The van der Waals surface area contributed by atoms with E-state index < -0.39 is 17.6 Å². The second-order valence-electron chi connectivity index (χ2n) is 5.98. The van der Waals surface area contributed by atoms with Crippen molar-refractivity contribution in [2.45, 2.75) is 24.7 Å². The molecule has 3 rings (SSSR count). The normalized spacial score (nSPS) is 14.9. The summed E-state index contributed by atoms with van der Waals surface area (Å²) < 4.78 is 49.9. The van der Waals surface area contributed by atoms with E-state index in [0.29, 0.717) is 44.3 Å². The first-order chi connectivity index (χ1) is 13.4. The van der Waals surface area contributed by atoms with Crippen LogP contribution in [0.25, 0.3) is 0 Å². The van der Waals surface area contributed by atoms with Crippen molar-refractivity contribution >= 4 is 29.0 Å². The highest BCUT2D eigenvalue weighted by Crippen LogP contribution is 2.36. The van der Waals surface area contributed by atoms with Crippen molar-refractivity contribution in [3.8, 4) is 0 Å². The van der Waals surface area contributed by atoms with E-state index in [2.05, 4.69) is 15.5 Å². The van der Waals surface area contributed by atoms with E-state index in [1.807, 2.05) is 11.8 Å². The first kappa shape index (κ1) is 20.5. The van der Waals surface area contributed by atoms with Crippen LogP contribution < -0.4 is 10.2 Å². The summed E-state index contributed by atoms with van der Waals surface area (Å²) >= 11 is 1.03. The van der Waals surface area contributed by atoms with Crippen LogP contribution in [0.2, 0.25) is 0 Å². The SMILES string of the molecule is CCc1nnc(SCC(=O)Nc2cc(C(F)(F)F)ccc2N2CCOCC2)o1. The van der Waals surface area contributed by atoms with Crippen molar-refractivity contribution in [2.75, 3.05) is 42.3 Å². The molecule has 0 saturated carbocycles. The monoisotopic (exact) mass is 416 g/mol. The number of ether oxygens (including phenoxy) is 1. The van der Waals surface area contributed by atoms with E-state index in [0.717, 1.165) is 23.9 Å². The molecular formula is C17H19F3N4O3S. The fourth-order valence-corrected chi connectivity index (χ4v) is 3.23. The zero-order chi connectivity index (χ0) is 20.1. The number of alkyl halides is 3. The lowest BCUT2D eigenvalue weighted by Crippen LogP contribution is -2.37. The Morgan fingerprint density at radius 3 is 2.68 bits per heavy atom. The minimum absolute atomic E-state index is 0.0653. The quantitative estimate of drug-likeness (QED) is 0.724. The van der Waals surface area contributed by atoms with Crippen molar-refractivity contribution in [2.24, 2.45) is 0 Å². The summed E-state index contributed by atoms with van der Waals surface area (Å²) in [4.78, 5) is 14.2. The molecule has 1 aromatic carbocycles. The predicted molar refractivity (Wildman–Crippen MR) is 97.5 cm³/mol. The summed E-state index contributed by atoms with van der Waals surface area (Å²) in [7, 11) is 0. The molecule has 1 aliphatic heterocycles. The lowest BCUT2D eigenvalue weighted by Gasteiger charge is -2.31. The Morgan fingerprint density at radius 2 is 2.04 bits per heavy atom. The number of carbonyl (C=O) groups excluding carboxylic acids is 1. The smallest absolute Gasteiger partial charge is 0.416 e. The Balaban J connectivity index is 1.74. The van der Waals surface area contributed by atoms with E-state index in [1.165, 1.54) is 6.07 Å². The van der Waals surface area contributed by atoms with Gasteiger partial charge in [0, 0.05) is 19.5 Å². The number of carbonyl (C=O) groups is 1. The lowest BCUT2D eigenvalue weighted by molar-refractivity contribution is -0.137. The van der Waals surface area contributed by atoms with Crippen LogP contribution in [-0.2, 0) is 22.1 Å². The molecule has 0 atom stereocenters. The molecule has 2 heterocycles. The molecule has 0 bridgehead atoms. The van der Waals surface area contributed by atoms with Gasteiger partial charge in [-0.2, -0.15) is 13.2 Å². The fraction of sp³-hybridized carbons (Fsp3) is 0.471. The van der Waals surface area contributed by atoms with Gasteiger partial charge in [0.05, 0.1) is 35.9 Å². The van der Waals surface area contributed by atoms with Crippen molar-refractivity contribution in [3.63, 3.8) is 0 Å². The summed E-state index contributed by atoms with van der Waals surface area (Å²) in [6.45, 7) is 3.87. The molecular weight excluding hydrogens is 397 g/mol. The topological polar surface area (TPSA) is 80.5 Å². The zero-order valence-electron chi connectivity index (χ0n) is 15.1. The number of amides is 1.